The zero-order valence-corrected chi connectivity index (χ0v) is 10.8. The molecule has 0 aromatic heterocycles. The molecule has 2 rings (SSSR count). The second-order valence-electron chi connectivity index (χ2n) is 4.00. The molecule has 0 atom stereocenters. The van der Waals surface area contributed by atoms with E-state index in [9.17, 15) is 0 Å². The molecule has 0 bridgehead atoms. The van der Waals surface area contributed by atoms with Crippen molar-refractivity contribution in [2.75, 3.05) is 25.5 Å². The number of hydrogen-bond donors (Lipinski definition) is 1. The molecule has 0 spiro atoms. The van der Waals surface area contributed by atoms with Crippen molar-refractivity contribution in [2.24, 2.45) is 5.73 Å². The predicted octanol–water partition coefficient (Wildman–Crippen LogP) is 2.68. The maximum absolute atomic E-state index is 5.55. The van der Waals surface area contributed by atoms with E-state index in [-0.39, 0.29) is 0 Å². The van der Waals surface area contributed by atoms with Gasteiger partial charge in [-0.05, 0) is 43.3 Å². The Labute approximate surface area is 107 Å². The number of ether oxygens (including phenoxy) is 2. The highest BCUT2D eigenvalue weighted by molar-refractivity contribution is 7.99. The highest BCUT2D eigenvalue weighted by Crippen LogP contribution is 2.34. The minimum atomic E-state index is 0.650. The molecule has 0 radical (unpaired) electrons. The molecule has 0 saturated heterocycles. The summed E-state index contributed by atoms with van der Waals surface area (Å²) in [6.45, 7) is 2.10. The largest absolute Gasteiger partial charge is 0.486 e. The summed E-state index contributed by atoms with van der Waals surface area (Å²) in [5.41, 5.74) is 5.46. The first-order valence-corrected chi connectivity index (χ1v) is 7.11. The van der Waals surface area contributed by atoms with Crippen LogP contribution in [0.5, 0.6) is 11.5 Å². The van der Waals surface area contributed by atoms with Crippen molar-refractivity contribution in [3.05, 3.63) is 18.2 Å². The zero-order valence-electron chi connectivity index (χ0n) is 9.98. The lowest BCUT2D eigenvalue weighted by Gasteiger charge is -2.18. The van der Waals surface area contributed by atoms with Crippen molar-refractivity contribution in [1.29, 1.82) is 0 Å². The van der Waals surface area contributed by atoms with Crippen LogP contribution in [0.3, 0.4) is 0 Å². The van der Waals surface area contributed by atoms with Crippen LogP contribution in [0, 0.1) is 0 Å². The van der Waals surface area contributed by atoms with Gasteiger partial charge in [-0.25, -0.2) is 0 Å². The van der Waals surface area contributed by atoms with Gasteiger partial charge in [0.25, 0.3) is 0 Å². The highest BCUT2D eigenvalue weighted by Gasteiger charge is 2.11. The Morgan fingerprint density at radius 2 is 1.88 bits per heavy atom. The number of fused-ring (bicyclic) bond motifs is 1. The van der Waals surface area contributed by atoms with Crippen molar-refractivity contribution in [2.45, 2.75) is 24.2 Å². The number of unbranched alkanes of at least 4 members (excludes halogenated alkanes) is 2. The molecule has 94 valence electrons. The summed E-state index contributed by atoms with van der Waals surface area (Å²) in [4.78, 5) is 1.25. The fraction of sp³-hybridized carbons (Fsp3) is 0.538. The molecule has 0 fully saturated rings. The van der Waals surface area contributed by atoms with Crippen LogP contribution in [0.1, 0.15) is 19.3 Å². The lowest BCUT2D eigenvalue weighted by Crippen LogP contribution is -2.15. The summed E-state index contributed by atoms with van der Waals surface area (Å²) in [6.07, 6.45) is 3.56. The van der Waals surface area contributed by atoms with Gasteiger partial charge in [-0.15, -0.1) is 11.8 Å². The van der Waals surface area contributed by atoms with Crippen molar-refractivity contribution in [1.82, 2.24) is 0 Å². The first kappa shape index (κ1) is 12.6. The van der Waals surface area contributed by atoms with Gasteiger partial charge >= 0.3 is 0 Å². The zero-order chi connectivity index (χ0) is 11.9. The summed E-state index contributed by atoms with van der Waals surface area (Å²) in [7, 11) is 0. The molecule has 3 nitrogen and oxygen atoms in total. The van der Waals surface area contributed by atoms with Crippen LogP contribution in [0.15, 0.2) is 23.1 Å². The molecule has 1 aromatic carbocycles. The van der Waals surface area contributed by atoms with E-state index in [1.807, 2.05) is 17.8 Å². The molecule has 0 unspecified atom stereocenters. The molecule has 1 aliphatic rings. The third-order valence-electron chi connectivity index (χ3n) is 2.63. The maximum Gasteiger partial charge on any atom is 0.162 e. The normalized spacial score (nSPS) is 13.7. The Hall–Kier alpha value is -0.870. The maximum atomic E-state index is 5.55. The minimum Gasteiger partial charge on any atom is -0.486 e. The molecule has 1 heterocycles. The van der Waals surface area contributed by atoms with Crippen molar-refractivity contribution in [3.8, 4) is 11.5 Å². The molecule has 0 aliphatic carbocycles. The van der Waals surface area contributed by atoms with Crippen LogP contribution in [0.2, 0.25) is 0 Å². The van der Waals surface area contributed by atoms with E-state index in [2.05, 4.69) is 12.1 Å². The van der Waals surface area contributed by atoms with Gasteiger partial charge in [-0.2, -0.15) is 0 Å². The number of thioether (sulfide) groups is 1. The standard InChI is InChI=1S/C13H19NO2S/c14-6-2-1-3-9-17-11-4-5-12-13(10-11)16-8-7-15-12/h4-5,10H,1-3,6-9,14H2. The number of hydrogen-bond acceptors (Lipinski definition) is 4. The lowest BCUT2D eigenvalue weighted by molar-refractivity contribution is 0.171. The summed E-state index contributed by atoms with van der Waals surface area (Å²) >= 11 is 1.87. The first-order chi connectivity index (χ1) is 8.40. The second-order valence-corrected chi connectivity index (χ2v) is 5.17. The number of rotatable bonds is 6. The molecular weight excluding hydrogens is 234 g/mol. The van der Waals surface area contributed by atoms with E-state index in [4.69, 9.17) is 15.2 Å². The van der Waals surface area contributed by atoms with E-state index in [0.29, 0.717) is 13.2 Å². The van der Waals surface area contributed by atoms with E-state index in [0.717, 1.165) is 30.2 Å². The van der Waals surface area contributed by atoms with Crippen LogP contribution in [0.4, 0.5) is 0 Å². The smallest absolute Gasteiger partial charge is 0.162 e. The molecule has 0 amide bonds. The number of benzene rings is 1. The average molecular weight is 253 g/mol. The number of nitrogens with two attached hydrogens (primary N) is 1. The molecular formula is C13H19NO2S. The molecule has 1 aliphatic heterocycles. The minimum absolute atomic E-state index is 0.650. The van der Waals surface area contributed by atoms with Gasteiger partial charge in [0.1, 0.15) is 13.2 Å². The van der Waals surface area contributed by atoms with Gasteiger partial charge in [-0.1, -0.05) is 6.42 Å². The molecule has 2 N–H and O–H groups in total. The predicted molar refractivity (Wildman–Crippen MR) is 71.1 cm³/mol. The third-order valence-corrected chi connectivity index (χ3v) is 3.71. The lowest BCUT2D eigenvalue weighted by atomic mass is 10.2. The Morgan fingerprint density at radius 3 is 2.71 bits per heavy atom. The van der Waals surface area contributed by atoms with Gasteiger partial charge < -0.3 is 15.2 Å². The van der Waals surface area contributed by atoms with Gasteiger partial charge in [0, 0.05) is 4.90 Å². The quantitative estimate of drug-likeness (QED) is 0.625. The molecule has 1 aromatic rings. The van der Waals surface area contributed by atoms with Gasteiger partial charge in [0.2, 0.25) is 0 Å². The third kappa shape index (κ3) is 3.82. The fourth-order valence-electron chi connectivity index (χ4n) is 1.73. The van der Waals surface area contributed by atoms with Crippen LogP contribution >= 0.6 is 11.8 Å². The van der Waals surface area contributed by atoms with Gasteiger partial charge in [-0.3, -0.25) is 0 Å². The summed E-state index contributed by atoms with van der Waals surface area (Å²) in [5.74, 6) is 2.88. The molecule has 4 heteroatoms. The summed E-state index contributed by atoms with van der Waals surface area (Å²) in [6, 6.07) is 6.17. The Morgan fingerprint density at radius 1 is 1.06 bits per heavy atom. The fourth-order valence-corrected chi connectivity index (χ4v) is 2.67. The Balaban J connectivity index is 1.81. The van der Waals surface area contributed by atoms with Gasteiger partial charge in [0.15, 0.2) is 11.5 Å². The van der Waals surface area contributed by atoms with Crippen molar-refractivity contribution >= 4 is 11.8 Å². The highest BCUT2D eigenvalue weighted by atomic mass is 32.2. The molecule has 0 saturated carbocycles. The second kappa shape index (κ2) is 6.77. The van der Waals surface area contributed by atoms with E-state index in [1.165, 1.54) is 17.7 Å². The first-order valence-electron chi connectivity index (χ1n) is 6.12. The van der Waals surface area contributed by atoms with E-state index in [1.54, 1.807) is 0 Å². The van der Waals surface area contributed by atoms with E-state index < -0.39 is 0 Å². The van der Waals surface area contributed by atoms with Crippen LogP contribution < -0.4 is 15.2 Å². The summed E-state index contributed by atoms with van der Waals surface area (Å²) in [5, 5.41) is 0. The van der Waals surface area contributed by atoms with E-state index >= 15 is 0 Å². The monoisotopic (exact) mass is 253 g/mol. The SMILES string of the molecule is NCCCCCSc1ccc2c(c1)OCCO2. The Kier molecular flexibility index (Phi) is 5.01. The van der Waals surface area contributed by atoms with Gasteiger partial charge in [0.05, 0.1) is 0 Å². The van der Waals surface area contributed by atoms with Crippen LogP contribution in [0.25, 0.3) is 0 Å². The van der Waals surface area contributed by atoms with Crippen LogP contribution in [-0.4, -0.2) is 25.5 Å². The average Bonchev–Trinajstić information content (AvgIpc) is 2.38. The van der Waals surface area contributed by atoms with Crippen molar-refractivity contribution in [3.63, 3.8) is 0 Å². The molecule has 17 heavy (non-hydrogen) atoms. The topological polar surface area (TPSA) is 44.5 Å². The van der Waals surface area contributed by atoms with Crippen molar-refractivity contribution < 1.29 is 9.47 Å². The van der Waals surface area contributed by atoms with Crippen LogP contribution in [-0.2, 0) is 0 Å². The Bertz CT molecular complexity index is 357. The summed E-state index contributed by atoms with van der Waals surface area (Å²) < 4.78 is 11.0.